The molecule has 0 radical (unpaired) electrons. The first-order chi connectivity index (χ1) is 10.2. The molecule has 0 bridgehead atoms. The Labute approximate surface area is 129 Å². The molecule has 21 heavy (non-hydrogen) atoms. The van der Waals surface area contributed by atoms with Crippen LogP contribution in [0.1, 0.15) is 37.3 Å². The van der Waals surface area contributed by atoms with Gasteiger partial charge in [0.05, 0.1) is 12.2 Å². The second-order valence-electron chi connectivity index (χ2n) is 6.28. The fourth-order valence-electron chi connectivity index (χ4n) is 2.99. The summed E-state index contributed by atoms with van der Waals surface area (Å²) in [6.07, 6.45) is 4.38. The third-order valence-electron chi connectivity index (χ3n) is 4.21. The summed E-state index contributed by atoms with van der Waals surface area (Å²) < 4.78 is 6.14. The summed E-state index contributed by atoms with van der Waals surface area (Å²) in [5, 5.41) is 3.46. The van der Waals surface area contributed by atoms with Gasteiger partial charge in [0, 0.05) is 19.6 Å². The first-order valence-electron chi connectivity index (χ1n) is 8.28. The van der Waals surface area contributed by atoms with E-state index in [1.54, 1.807) is 0 Å². The predicted octanol–water partition coefficient (Wildman–Crippen LogP) is 2.97. The SMILES string of the molecule is CCCNCC1CCC(CN(C)Cc2ccccc2C)O1. The van der Waals surface area contributed by atoms with E-state index < -0.39 is 0 Å². The van der Waals surface area contributed by atoms with Crippen molar-refractivity contribution in [2.24, 2.45) is 0 Å². The van der Waals surface area contributed by atoms with Gasteiger partial charge in [0.25, 0.3) is 0 Å². The van der Waals surface area contributed by atoms with Gasteiger partial charge < -0.3 is 10.1 Å². The molecule has 0 aliphatic carbocycles. The van der Waals surface area contributed by atoms with Crippen molar-refractivity contribution in [1.82, 2.24) is 10.2 Å². The lowest BCUT2D eigenvalue weighted by Crippen LogP contribution is -2.32. The maximum absolute atomic E-state index is 6.14. The lowest BCUT2D eigenvalue weighted by atomic mass is 10.1. The highest BCUT2D eigenvalue weighted by molar-refractivity contribution is 5.25. The number of hydrogen-bond acceptors (Lipinski definition) is 3. The minimum Gasteiger partial charge on any atom is -0.372 e. The van der Waals surface area contributed by atoms with E-state index in [1.807, 2.05) is 0 Å². The van der Waals surface area contributed by atoms with Crippen molar-refractivity contribution < 1.29 is 4.74 Å². The number of ether oxygens (including phenoxy) is 1. The van der Waals surface area contributed by atoms with E-state index in [0.717, 1.165) is 26.2 Å². The number of aryl methyl sites for hydroxylation is 1. The van der Waals surface area contributed by atoms with Gasteiger partial charge in [-0.2, -0.15) is 0 Å². The smallest absolute Gasteiger partial charge is 0.0707 e. The Kier molecular flexibility index (Phi) is 6.68. The molecule has 1 saturated heterocycles. The Morgan fingerprint density at radius 3 is 2.76 bits per heavy atom. The molecule has 0 spiro atoms. The van der Waals surface area contributed by atoms with Gasteiger partial charge in [0.15, 0.2) is 0 Å². The predicted molar refractivity (Wildman–Crippen MR) is 88.6 cm³/mol. The highest BCUT2D eigenvalue weighted by atomic mass is 16.5. The molecule has 1 fully saturated rings. The minimum absolute atomic E-state index is 0.396. The molecule has 3 nitrogen and oxygen atoms in total. The van der Waals surface area contributed by atoms with Crippen LogP contribution in [-0.4, -0.2) is 43.8 Å². The zero-order chi connectivity index (χ0) is 15.1. The molecular formula is C18H30N2O. The third-order valence-corrected chi connectivity index (χ3v) is 4.21. The first-order valence-corrected chi connectivity index (χ1v) is 8.28. The highest BCUT2D eigenvalue weighted by Crippen LogP contribution is 2.20. The van der Waals surface area contributed by atoms with Gasteiger partial charge in [-0.1, -0.05) is 31.2 Å². The molecule has 1 N–H and O–H groups in total. The van der Waals surface area contributed by atoms with Crippen molar-refractivity contribution in [3.8, 4) is 0 Å². The zero-order valence-electron chi connectivity index (χ0n) is 13.8. The van der Waals surface area contributed by atoms with Gasteiger partial charge in [-0.05, 0) is 50.9 Å². The van der Waals surface area contributed by atoms with Gasteiger partial charge in [0.2, 0.25) is 0 Å². The van der Waals surface area contributed by atoms with Gasteiger partial charge >= 0.3 is 0 Å². The molecule has 1 heterocycles. The van der Waals surface area contributed by atoms with E-state index in [-0.39, 0.29) is 0 Å². The van der Waals surface area contributed by atoms with Crippen LogP contribution in [0.5, 0.6) is 0 Å². The molecule has 0 amide bonds. The van der Waals surface area contributed by atoms with Gasteiger partial charge in [-0.25, -0.2) is 0 Å². The Morgan fingerprint density at radius 2 is 2.00 bits per heavy atom. The molecule has 2 rings (SSSR count). The van der Waals surface area contributed by atoms with Crippen LogP contribution >= 0.6 is 0 Å². The lowest BCUT2D eigenvalue weighted by Gasteiger charge is -2.22. The largest absolute Gasteiger partial charge is 0.372 e. The van der Waals surface area contributed by atoms with Crippen LogP contribution in [-0.2, 0) is 11.3 Å². The normalized spacial score (nSPS) is 22.1. The average molecular weight is 290 g/mol. The second kappa shape index (κ2) is 8.52. The van der Waals surface area contributed by atoms with E-state index in [9.17, 15) is 0 Å². The molecule has 118 valence electrons. The molecule has 3 heteroatoms. The molecule has 2 atom stereocenters. The van der Waals surface area contributed by atoms with Crippen LogP contribution in [0, 0.1) is 6.92 Å². The number of rotatable bonds is 8. The van der Waals surface area contributed by atoms with Crippen molar-refractivity contribution in [3.05, 3.63) is 35.4 Å². The topological polar surface area (TPSA) is 24.5 Å². The Balaban J connectivity index is 1.71. The Bertz CT molecular complexity index is 421. The van der Waals surface area contributed by atoms with Crippen molar-refractivity contribution in [2.45, 2.75) is 51.9 Å². The average Bonchev–Trinajstić information content (AvgIpc) is 2.89. The summed E-state index contributed by atoms with van der Waals surface area (Å²) in [6.45, 7) is 8.52. The summed E-state index contributed by atoms with van der Waals surface area (Å²) in [5.41, 5.74) is 2.79. The van der Waals surface area contributed by atoms with Gasteiger partial charge in [0.1, 0.15) is 0 Å². The van der Waals surface area contributed by atoms with Crippen molar-refractivity contribution in [3.63, 3.8) is 0 Å². The van der Waals surface area contributed by atoms with E-state index in [4.69, 9.17) is 4.74 Å². The van der Waals surface area contributed by atoms with Crippen molar-refractivity contribution in [1.29, 1.82) is 0 Å². The van der Waals surface area contributed by atoms with Crippen LogP contribution in [0.3, 0.4) is 0 Å². The Hall–Kier alpha value is -0.900. The molecule has 1 aliphatic rings. The molecule has 1 aromatic carbocycles. The number of likely N-dealkylation sites (N-methyl/N-ethyl adjacent to an activating group) is 1. The van der Waals surface area contributed by atoms with Crippen LogP contribution in [0.25, 0.3) is 0 Å². The molecule has 1 aliphatic heterocycles. The van der Waals surface area contributed by atoms with Crippen molar-refractivity contribution >= 4 is 0 Å². The van der Waals surface area contributed by atoms with E-state index in [2.05, 4.69) is 55.4 Å². The standard InChI is InChI=1S/C18H30N2O/c1-4-11-19-12-17-9-10-18(21-17)14-20(3)13-16-8-6-5-7-15(16)2/h5-8,17-19H,4,9-14H2,1-3H3. The van der Waals surface area contributed by atoms with Crippen LogP contribution in [0.2, 0.25) is 0 Å². The monoisotopic (exact) mass is 290 g/mol. The van der Waals surface area contributed by atoms with E-state index >= 15 is 0 Å². The lowest BCUT2D eigenvalue weighted by molar-refractivity contribution is 0.0268. The summed E-state index contributed by atoms with van der Waals surface area (Å²) in [6, 6.07) is 8.63. The summed E-state index contributed by atoms with van der Waals surface area (Å²) >= 11 is 0. The maximum atomic E-state index is 6.14. The zero-order valence-corrected chi connectivity index (χ0v) is 13.8. The second-order valence-corrected chi connectivity index (χ2v) is 6.28. The molecule has 2 unspecified atom stereocenters. The number of hydrogen-bond donors (Lipinski definition) is 1. The summed E-state index contributed by atoms with van der Waals surface area (Å²) in [7, 11) is 2.19. The summed E-state index contributed by atoms with van der Waals surface area (Å²) in [5.74, 6) is 0. The molecule has 0 saturated carbocycles. The quantitative estimate of drug-likeness (QED) is 0.745. The van der Waals surface area contributed by atoms with Gasteiger partial charge in [-0.15, -0.1) is 0 Å². The summed E-state index contributed by atoms with van der Waals surface area (Å²) in [4.78, 5) is 2.38. The van der Waals surface area contributed by atoms with E-state index in [0.29, 0.717) is 12.2 Å². The highest BCUT2D eigenvalue weighted by Gasteiger charge is 2.25. The number of benzene rings is 1. The fraction of sp³-hybridized carbons (Fsp3) is 0.667. The molecule has 0 aromatic heterocycles. The fourth-order valence-corrected chi connectivity index (χ4v) is 2.99. The molecule has 1 aromatic rings. The first kappa shape index (κ1) is 16.5. The van der Waals surface area contributed by atoms with Crippen LogP contribution < -0.4 is 5.32 Å². The van der Waals surface area contributed by atoms with Crippen LogP contribution in [0.4, 0.5) is 0 Å². The third kappa shape index (κ3) is 5.42. The van der Waals surface area contributed by atoms with Crippen LogP contribution in [0.15, 0.2) is 24.3 Å². The van der Waals surface area contributed by atoms with Gasteiger partial charge in [-0.3, -0.25) is 4.90 Å². The van der Waals surface area contributed by atoms with E-state index in [1.165, 1.54) is 30.4 Å². The molecular weight excluding hydrogens is 260 g/mol. The number of nitrogens with zero attached hydrogens (tertiary/aromatic N) is 1. The Morgan fingerprint density at radius 1 is 1.24 bits per heavy atom. The van der Waals surface area contributed by atoms with Crippen molar-refractivity contribution in [2.75, 3.05) is 26.7 Å². The minimum atomic E-state index is 0.396. The number of nitrogens with one attached hydrogen (secondary N) is 1. The maximum Gasteiger partial charge on any atom is 0.0707 e.